The summed E-state index contributed by atoms with van der Waals surface area (Å²) in [5, 5.41) is 17.3. The van der Waals surface area contributed by atoms with Crippen LogP contribution in [-0.2, 0) is 23.9 Å². The van der Waals surface area contributed by atoms with Crippen molar-refractivity contribution in [3.05, 3.63) is 71.0 Å². The van der Waals surface area contributed by atoms with Gasteiger partial charge >= 0.3 is 12.2 Å². The van der Waals surface area contributed by atoms with Gasteiger partial charge in [0.15, 0.2) is 0 Å². The highest BCUT2D eigenvalue weighted by Gasteiger charge is 2.52. The fourth-order valence-corrected chi connectivity index (χ4v) is 4.18. The van der Waals surface area contributed by atoms with Crippen molar-refractivity contribution in [1.82, 2.24) is 19.9 Å². The van der Waals surface area contributed by atoms with E-state index in [2.05, 4.69) is 10.3 Å². The maximum atomic E-state index is 13.5. The zero-order valence-corrected chi connectivity index (χ0v) is 21.0. The summed E-state index contributed by atoms with van der Waals surface area (Å²) in [6.45, 7) is 5.05. The minimum Gasteiger partial charge on any atom is -0.328 e. The minimum atomic E-state index is -4.82. The molecule has 1 aromatic heterocycles. The molecular formula is C26H26F3N7O2. The summed E-state index contributed by atoms with van der Waals surface area (Å²) in [5.74, 6) is -0.668. The quantitative estimate of drug-likeness (QED) is 0.462. The molecule has 1 saturated heterocycles. The van der Waals surface area contributed by atoms with Crippen molar-refractivity contribution in [3.63, 3.8) is 0 Å². The second-order valence-electron chi connectivity index (χ2n) is 9.74. The van der Waals surface area contributed by atoms with Crippen LogP contribution in [0.4, 0.5) is 23.7 Å². The number of nitrogens with zero attached hydrogens (tertiary/aromatic N) is 6. The number of imide groups is 1. The maximum absolute atomic E-state index is 13.5. The van der Waals surface area contributed by atoms with E-state index in [-0.39, 0.29) is 18.3 Å². The number of rotatable bonds is 7. The van der Waals surface area contributed by atoms with Crippen LogP contribution >= 0.6 is 0 Å². The third-order valence-corrected chi connectivity index (χ3v) is 6.45. The topological polar surface area (TPSA) is 121 Å². The molecule has 3 amide bonds. The lowest BCUT2D eigenvalue weighted by Gasteiger charge is -2.27. The van der Waals surface area contributed by atoms with Crippen molar-refractivity contribution < 1.29 is 22.8 Å². The van der Waals surface area contributed by atoms with Crippen molar-refractivity contribution >= 4 is 17.6 Å². The molecule has 1 atom stereocenters. The summed E-state index contributed by atoms with van der Waals surface area (Å²) >= 11 is 0. The van der Waals surface area contributed by atoms with E-state index in [9.17, 15) is 22.8 Å². The Morgan fingerprint density at radius 1 is 1.11 bits per heavy atom. The minimum absolute atomic E-state index is 0.0494. The molecule has 0 aliphatic carbocycles. The summed E-state index contributed by atoms with van der Waals surface area (Å²) < 4.78 is 42.0. The van der Waals surface area contributed by atoms with E-state index in [4.69, 9.17) is 11.0 Å². The molecule has 2 N–H and O–H groups in total. The van der Waals surface area contributed by atoms with Crippen LogP contribution in [0, 0.1) is 11.3 Å². The molecular weight excluding hydrogens is 499 g/mol. The monoisotopic (exact) mass is 525 g/mol. The number of urea groups is 1. The van der Waals surface area contributed by atoms with E-state index in [1.54, 1.807) is 28.9 Å². The van der Waals surface area contributed by atoms with Crippen LogP contribution in [-0.4, -0.2) is 43.4 Å². The number of hydrogen-bond acceptors (Lipinski definition) is 6. The Hall–Kier alpha value is -4.24. The summed E-state index contributed by atoms with van der Waals surface area (Å²) in [4.78, 5) is 28.5. The first-order chi connectivity index (χ1) is 17.8. The largest absolute Gasteiger partial charge is 0.417 e. The molecule has 198 valence electrons. The van der Waals surface area contributed by atoms with E-state index >= 15 is 0 Å². The van der Waals surface area contributed by atoms with Gasteiger partial charge in [-0.25, -0.2) is 14.4 Å². The number of alkyl halides is 3. The molecule has 9 nitrogen and oxygen atoms in total. The molecule has 0 spiro atoms. The fraction of sp³-hybridized carbons (Fsp3) is 0.346. The van der Waals surface area contributed by atoms with Gasteiger partial charge in [0.05, 0.1) is 40.5 Å². The molecule has 0 bridgehead atoms. The number of carbonyl (C=O) groups excluding carboxylic acids is 2. The van der Waals surface area contributed by atoms with Crippen molar-refractivity contribution in [3.8, 4) is 11.8 Å². The second kappa shape index (κ2) is 9.90. The molecule has 4 rings (SSSR count). The number of nitriles is 1. The van der Waals surface area contributed by atoms with Gasteiger partial charge in [0.25, 0.3) is 5.91 Å². The summed E-state index contributed by atoms with van der Waals surface area (Å²) in [6, 6.07) is 10.7. The molecule has 1 fully saturated rings. The summed E-state index contributed by atoms with van der Waals surface area (Å²) in [6.07, 6.45) is -1.52. The maximum Gasteiger partial charge on any atom is 0.417 e. The summed E-state index contributed by atoms with van der Waals surface area (Å²) in [5.41, 5.74) is 4.69. The Morgan fingerprint density at radius 2 is 1.76 bits per heavy atom. The van der Waals surface area contributed by atoms with Crippen LogP contribution in [0.1, 0.15) is 49.6 Å². The van der Waals surface area contributed by atoms with Gasteiger partial charge < -0.3 is 10.6 Å². The van der Waals surface area contributed by atoms with Crippen molar-refractivity contribution in [2.75, 3.05) is 4.90 Å². The predicted molar refractivity (Wildman–Crippen MR) is 132 cm³/mol. The Balaban J connectivity index is 1.55. The lowest BCUT2D eigenvalue weighted by Crippen LogP contribution is -2.43. The van der Waals surface area contributed by atoms with Gasteiger partial charge in [-0.05, 0) is 69.5 Å². The smallest absolute Gasteiger partial charge is 0.328 e. The first-order valence-electron chi connectivity index (χ1n) is 11.9. The number of aromatic nitrogens is 3. The molecule has 2 heterocycles. The zero-order chi connectivity index (χ0) is 27.8. The number of amides is 3. The number of benzene rings is 2. The normalized spacial score (nSPS) is 16.2. The highest BCUT2D eigenvalue weighted by molar-refractivity contribution is 6.23. The van der Waals surface area contributed by atoms with Crippen LogP contribution in [0.3, 0.4) is 0 Å². The lowest BCUT2D eigenvalue weighted by atomic mass is 10.0. The third-order valence-electron chi connectivity index (χ3n) is 6.45. The highest BCUT2D eigenvalue weighted by Crippen LogP contribution is 2.38. The zero-order valence-electron chi connectivity index (χ0n) is 21.0. The van der Waals surface area contributed by atoms with Gasteiger partial charge in [-0.3, -0.25) is 4.79 Å². The van der Waals surface area contributed by atoms with Crippen LogP contribution in [0.2, 0.25) is 0 Å². The van der Waals surface area contributed by atoms with E-state index < -0.39 is 34.8 Å². The van der Waals surface area contributed by atoms with Crippen molar-refractivity contribution in [2.24, 2.45) is 5.73 Å². The van der Waals surface area contributed by atoms with Gasteiger partial charge in [-0.2, -0.15) is 18.4 Å². The number of hydrogen-bond donors (Lipinski definition) is 1. The first kappa shape index (κ1) is 26.8. The van der Waals surface area contributed by atoms with Crippen LogP contribution < -0.4 is 10.6 Å². The van der Waals surface area contributed by atoms with Gasteiger partial charge in [0.1, 0.15) is 5.54 Å². The van der Waals surface area contributed by atoms with Gasteiger partial charge in [-0.15, -0.1) is 5.10 Å². The van der Waals surface area contributed by atoms with E-state index in [0.717, 1.165) is 28.8 Å². The average molecular weight is 526 g/mol. The molecule has 12 heteroatoms. The predicted octanol–water partition coefficient (Wildman–Crippen LogP) is 4.18. The number of anilines is 1. The number of nitrogens with two attached hydrogens (primary N) is 1. The Kier molecular flexibility index (Phi) is 6.99. The van der Waals surface area contributed by atoms with E-state index in [1.807, 2.05) is 13.1 Å². The number of aryl methyl sites for hydroxylation is 1. The Labute approximate surface area is 217 Å². The number of halogens is 3. The van der Waals surface area contributed by atoms with Gasteiger partial charge in [-0.1, -0.05) is 17.3 Å². The molecule has 1 aliphatic heterocycles. The van der Waals surface area contributed by atoms with Crippen LogP contribution in [0.15, 0.2) is 48.7 Å². The first-order valence-corrected chi connectivity index (χ1v) is 11.9. The fourth-order valence-electron chi connectivity index (χ4n) is 4.18. The molecule has 3 aromatic rings. The Bertz CT molecular complexity index is 1410. The van der Waals surface area contributed by atoms with Crippen LogP contribution in [0.5, 0.6) is 0 Å². The molecule has 0 radical (unpaired) electrons. The van der Waals surface area contributed by atoms with E-state index in [0.29, 0.717) is 18.1 Å². The third kappa shape index (κ3) is 5.10. The second-order valence-corrected chi connectivity index (χ2v) is 9.74. The lowest BCUT2D eigenvalue weighted by molar-refractivity contribution is -0.137. The average Bonchev–Trinajstić information content (AvgIpc) is 3.40. The molecule has 1 unspecified atom stereocenters. The standard InChI is InChI=1S/C26H26F3N7O2/c1-16(31)4-8-19-15-35(33-32-19)20-9-5-17(6-10-20)14-34-24(38)36(23(37)25(34,2)3)21-11-7-18(13-30)22(12-21)26(27,28)29/h5-7,9-12,15-16H,4,8,14,31H2,1-3H3. The van der Waals surface area contributed by atoms with Crippen LogP contribution in [0.25, 0.3) is 5.69 Å². The Morgan fingerprint density at radius 3 is 2.37 bits per heavy atom. The number of carbonyl (C=O) groups is 2. The SMILES string of the molecule is CC(N)CCc1cn(-c2ccc(CN3C(=O)N(c4ccc(C#N)c(C(F)(F)F)c4)C(=O)C3(C)C)cc2)nn1. The van der Waals surface area contributed by atoms with Crippen molar-refractivity contribution in [1.29, 1.82) is 5.26 Å². The summed E-state index contributed by atoms with van der Waals surface area (Å²) in [7, 11) is 0. The van der Waals surface area contributed by atoms with E-state index in [1.165, 1.54) is 30.9 Å². The van der Waals surface area contributed by atoms with Gasteiger partial charge in [0, 0.05) is 12.6 Å². The van der Waals surface area contributed by atoms with Gasteiger partial charge in [0.2, 0.25) is 0 Å². The molecule has 2 aromatic carbocycles. The van der Waals surface area contributed by atoms with Crippen molar-refractivity contribution in [2.45, 2.75) is 57.9 Å². The molecule has 38 heavy (non-hydrogen) atoms. The highest BCUT2D eigenvalue weighted by atomic mass is 19.4. The molecule has 1 aliphatic rings. The molecule has 0 saturated carbocycles.